The van der Waals surface area contributed by atoms with E-state index in [1.54, 1.807) is 0 Å². The molecule has 1 spiro atoms. The molecule has 17 atom stereocenters. The monoisotopic (exact) mass is 678 g/mol. The number of hydrogen-bond acceptors (Lipinski definition) is 11. The van der Waals surface area contributed by atoms with Crippen LogP contribution in [0.5, 0.6) is 0 Å². The average molecular weight is 679 g/mol. The van der Waals surface area contributed by atoms with Gasteiger partial charge in [0.05, 0.1) is 49.4 Å². The Balaban J connectivity index is 1.19. The van der Waals surface area contributed by atoms with Crippen LogP contribution in [0.15, 0.2) is 0 Å². The van der Waals surface area contributed by atoms with Crippen molar-refractivity contribution >= 4 is 5.97 Å². The molecule has 2 saturated heterocycles. The molecule has 0 radical (unpaired) electrons. The summed E-state index contributed by atoms with van der Waals surface area (Å²) < 4.78 is 24.8. The molecule has 7 fully saturated rings. The summed E-state index contributed by atoms with van der Waals surface area (Å²) in [6, 6.07) is 0. The van der Waals surface area contributed by atoms with Crippen LogP contribution >= 0.6 is 0 Å². The first-order valence-electron chi connectivity index (χ1n) is 19.3. The number of carbonyl (C=O) groups excluding carboxylic acids is 1. The SMILES string of the molecule is CC(=O)OCC1C2CCC3C4C(CC(O)CC4OCO)CC4(CCC(CC5CCC(N)NC5)C4)C3C2OC1C1CCC(O)C(OCO)C1. The normalized spacial score (nSPS) is 50.5. The Morgan fingerprint density at radius 2 is 1.67 bits per heavy atom. The highest BCUT2D eigenvalue weighted by Gasteiger charge is 2.65. The van der Waals surface area contributed by atoms with E-state index in [1.807, 2.05) is 0 Å². The number of ether oxygens (including phenoxy) is 4. The van der Waals surface area contributed by atoms with Crippen LogP contribution in [0.3, 0.4) is 0 Å². The predicted molar refractivity (Wildman–Crippen MR) is 176 cm³/mol. The summed E-state index contributed by atoms with van der Waals surface area (Å²) in [4.78, 5) is 12.1. The number of rotatable bonds is 9. The van der Waals surface area contributed by atoms with E-state index in [2.05, 4.69) is 5.32 Å². The summed E-state index contributed by atoms with van der Waals surface area (Å²) >= 11 is 0. The van der Waals surface area contributed by atoms with E-state index in [4.69, 9.17) is 24.7 Å². The molecule has 5 aliphatic carbocycles. The molecule has 7 aliphatic rings. The second kappa shape index (κ2) is 15.0. The number of carbonyl (C=O) groups is 1. The van der Waals surface area contributed by atoms with E-state index >= 15 is 0 Å². The molecule has 2 aliphatic heterocycles. The molecule has 0 aromatic rings. The summed E-state index contributed by atoms with van der Waals surface area (Å²) in [6.45, 7) is 2.06. The quantitative estimate of drug-likeness (QED) is 0.156. The van der Waals surface area contributed by atoms with Crippen molar-refractivity contribution < 1.29 is 44.2 Å². The molecule has 11 heteroatoms. The van der Waals surface area contributed by atoms with Crippen molar-refractivity contribution in [2.75, 3.05) is 26.7 Å². The zero-order chi connectivity index (χ0) is 33.6. The predicted octanol–water partition coefficient (Wildman–Crippen LogP) is 2.66. The highest BCUT2D eigenvalue weighted by Crippen LogP contribution is 2.68. The highest BCUT2D eigenvalue weighted by molar-refractivity contribution is 5.65. The first kappa shape index (κ1) is 35.5. The molecule has 7 N–H and O–H groups in total. The first-order chi connectivity index (χ1) is 23.2. The van der Waals surface area contributed by atoms with Gasteiger partial charge in [0.25, 0.3) is 0 Å². The smallest absolute Gasteiger partial charge is 0.302 e. The standard InChI is InChI=1S/C37H62N2O9/c1-20(42)45-17-28-26-4-5-27-33-24(11-25(43)13-31(33)47-19-41)15-37(9-8-21(14-37)10-22-2-7-32(38)39-16-22)34(27)36(26)48-35(28)23-3-6-29(44)30(12-23)46-18-40/h21-36,39-41,43-44H,2-19,38H2,1H3. The molecular formula is C37H62N2O9. The third kappa shape index (κ3) is 6.98. The van der Waals surface area contributed by atoms with Crippen LogP contribution in [-0.4, -0.2) is 95.9 Å². The Morgan fingerprint density at radius 1 is 0.875 bits per heavy atom. The molecule has 5 saturated carbocycles. The Morgan fingerprint density at radius 3 is 2.42 bits per heavy atom. The van der Waals surface area contributed by atoms with E-state index in [-0.39, 0.29) is 66.3 Å². The van der Waals surface area contributed by atoms with Gasteiger partial charge in [-0.2, -0.15) is 0 Å². The van der Waals surface area contributed by atoms with Crippen LogP contribution in [-0.2, 0) is 23.7 Å². The Kier molecular flexibility index (Phi) is 11.1. The molecule has 48 heavy (non-hydrogen) atoms. The van der Waals surface area contributed by atoms with E-state index in [0.29, 0.717) is 55.5 Å². The Hall–Kier alpha value is -0.890. The lowest BCUT2D eigenvalue weighted by Gasteiger charge is -2.61. The molecule has 274 valence electrons. The first-order valence-corrected chi connectivity index (χ1v) is 19.3. The summed E-state index contributed by atoms with van der Waals surface area (Å²) in [5, 5.41) is 44.6. The van der Waals surface area contributed by atoms with E-state index in [9.17, 15) is 25.2 Å². The fourth-order valence-electron chi connectivity index (χ4n) is 12.9. The van der Waals surface area contributed by atoms with E-state index in [1.165, 1.54) is 39.0 Å². The maximum atomic E-state index is 12.1. The summed E-state index contributed by atoms with van der Waals surface area (Å²) in [6.07, 6.45) is 12.0. The van der Waals surface area contributed by atoms with Crippen LogP contribution < -0.4 is 11.1 Å². The lowest BCUT2D eigenvalue weighted by atomic mass is 9.45. The lowest BCUT2D eigenvalue weighted by molar-refractivity contribution is -0.207. The maximum absolute atomic E-state index is 12.1. The number of nitrogens with one attached hydrogen (secondary N) is 1. The van der Waals surface area contributed by atoms with Gasteiger partial charge in [-0.15, -0.1) is 0 Å². The van der Waals surface area contributed by atoms with Gasteiger partial charge in [-0.1, -0.05) is 0 Å². The van der Waals surface area contributed by atoms with Crippen molar-refractivity contribution in [2.24, 2.45) is 64.4 Å². The minimum absolute atomic E-state index is 0.0361. The van der Waals surface area contributed by atoms with Crippen LogP contribution in [0.2, 0.25) is 0 Å². The van der Waals surface area contributed by atoms with E-state index in [0.717, 1.165) is 45.1 Å². The highest BCUT2D eigenvalue weighted by atomic mass is 16.6. The molecular weight excluding hydrogens is 616 g/mol. The molecule has 7 rings (SSSR count). The Labute approximate surface area is 286 Å². The van der Waals surface area contributed by atoms with Crippen molar-refractivity contribution in [1.82, 2.24) is 5.32 Å². The van der Waals surface area contributed by atoms with Gasteiger partial charge >= 0.3 is 5.97 Å². The molecule has 2 heterocycles. The van der Waals surface area contributed by atoms with Gasteiger partial charge < -0.3 is 50.4 Å². The second-order valence-electron chi connectivity index (χ2n) is 17.1. The van der Waals surface area contributed by atoms with Crippen LogP contribution in [0.4, 0.5) is 0 Å². The van der Waals surface area contributed by atoms with Crippen molar-refractivity contribution in [3.05, 3.63) is 0 Å². The van der Waals surface area contributed by atoms with Crippen molar-refractivity contribution in [2.45, 2.75) is 140 Å². The third-order valence-corrected chi connectivity index (χ3v) is 14.6. The lowest BCUT2D eigenvalue weighted by Crippen LogP contribution is -2.59. The molecule has 0 bridgehead atoms. The number of aliphatic hydroxyl groups is 4. The molecule has 17 unspecified atom stereocenters. The number of hydrogen-bond donors (Lipinski definition) is 6. The number of fused-ring (bicyclic) bond motifs is 6. The zero-order valence-corrected chi connectivity index (χ0v) is 28.9. The van der Waals surface area contributed by atoms with E-state index < -0.39 is 25.1 Å². The number of piperidine rings is 1. The third-order valence-electron chi connectivity index (χ3n) is 14.6. The minimum Gasteiger partial charge on any atom is -0.465 e. The van der Waals surface area contributed by atoms with Crippen molar-refractivity contribution in [3.8, 4) is 0 Å². The summed E-state index contributed by atoms with van der Waals surface area (Å²) in [5.41, 5.74) is 6.28. The number of esters is 1. The molecule has 0 amide bonds. The second-order valence-corrected chi connectivity index (χ2v) is 17.1. The van der Waals surface area contributed by atoms with Gasteiger partial charge in [0, 0.05) is 12.8 Å². The van der Waals surface area contributed by atoms with Gasteiger partial charge in [-0.3, -0.25) is 4.79 Å². The van der Waals surface area contributed by atoms with Gasteiger partial charge in [-0.05, 0) is 149 Å². The van der Waals surface area contributed by atoms with Gasteiger partial charge in [-0.25, -0.2) is 0 Å². The largest absolute Gasteiger partial charge is 0.465 e. The zero-order valence-electron chi connectivity index (χ0n) is 28.9. The van der Waals surface area contributed by atoms with Crippen LogP contribution in [0.1, 0.15) is 96.8 Å². The Bertz CT molecular complexity index is 1090. The molecule has 0 aromatic heterocycles. The van der Waals surface area contributed by atoms with Crippen molar-refractivity contribution in [3.63, 3.8) is 0 Å². The van der Waals surface area contributed by atoms with Crippen LogP contribution in [0, 0.1) is 58.7 Å². The van der Waals surface area contributed by atoms with Gasteiger partial charge in [0.15, 0.2) is 0 Å². The summed E-state index contributed by atoms with van der Waals surface area (Å²) in [5.74, 6) is 2.88. The maximum Gasteiger partial charge on any atom is 0.302 e. The molecule has 0 aromatic carbocycles. The van der Waals surface area contributed by atoms with Gasteiger partial charge in [0.1, 0.15) is 13.6 Å². The topological polar surface area (TPSA) is 173 Å². The fourth-order valence-corrected chi connectivity index (χ4v) is 12.9. The average Bonchev–Trinajstić information content (AvgIpc) is 3.63. The minimum atomic E-state index is -0.609. The fraction of sp³-hybridized carbons (Fsp3) is 0.973. The summed E-state index contributed by atoms with van der Waals surface area (Å²) in [7, 11) is 0. The number of aliphatic hydroxyl groups excluding tert-OH is 4. The van der Waals surface area contributed by atoms with Crippen molar-refractivity contribution in [1.29, 1.82) is 0 Å². The molecule has 11 nitrogen and oxygen atoms in total. The van der Waals surface area contributed by atoms with Gasteiger partial charge in [0.2, 0.25) is 0 Å². The number of nitrogens with two attached hydrogens (primary N) is 1. The van der Waals surface area contributed by atoms with Crippen LogP contribution in [0.25, 0.3) is 0 Å².